The Morgan fingerprint density at radius 3 is 1.67 bits per heavy atom. The van der Waals surface area contributed by atoms with Crippen molar-refractivity contribution in [3.63, 3.8) is 0 Å². The molecule has 0 aliphatic rings. The molecular formula is C12H19N4NaO6S. The molecule has 0 bridgehead atoms. The molecule has 2 N–H and O–H groups in total. The Morgan fingerprint density at radius 2 is 1.42 bits per heavy atom. The summed E-state index contributed by atoms with van der Waals surface area (Å²) in [5.74, 6) is 0. The third kappa shape index (κ3) is 5.38. The van der Waals surface area contributed by atoms with E-state index in [0.717, 1.165) is 12.1 Å². The van der Waals surface area contributed by atoms with Crippen LogP contribution in [0.2, 0.25) is 0 Å². The Labute approximate surface area is 161 Å². The molecule has 0 fully saturated rings. The number of hydrogen-bond acceptors (Lipinski definition) is 7. The second-order valence-corrected chi connectivity index (χ2v) is 6.42. The van der Waals surface area contributed by atoms with Crippen molar-refractivity contribution in [1.29, 1.82) is 0 Å². The maximum atomic E-state index is 11.4. The van der Waals surface area contributed by atoms with Gasteiger partial charge >= 0.3 is 40.9 Å². The summed E-state index contributed by atoms with van der Waals surface area (Å²) >= 11 is 0. The first-order valence-corrected chi connectivity index (χ1v) is 8.42. The van der Waals surface area contributed by atoms with Gasteiger partial charge in [0.15, 0.2) is 5.69 Å². The fourth-order valence-electron chi connectivity index (χ4n) is 2.22. The zero-order valence-corrected chi connectivity index (χ0v) is 13.6. The topological polar surface area (TPSA) is 150 Å². The Hall–Kier alpha value is -1.27. The number of anilines is 1. The zero-order chi connectivity index (χ0) is 17.8. The molecule has 24 heavy (non-hydrogen) atoms. The molecule has 0 atom stereocenters. The summed E-state index contributed by atoms with van der Waals surface area (Å²) in [6, 6.07) is 1.52. The second-order valence-electron chi connectivity index (χ2n) is 4.86. The molecule has 0 aliphatic carbocycles. The van der Waals surface area contributed by atoms with Gasteiger partial charge in [-0.2, -0.15) is 0 Å². The number of rotatable bonds is 8. The minimum absolute atomic E-state index is 0. The van der Waals surface area contributed by atoms with E-state index in [9.17, 15) is 28.6 Å². The molecular weight excluding hydrogens is 351 g/mol. The Bertz CT molecular complexity index is 683. The maximum absolute atomic E-state index is 11.4. The van der Waals surface area contributed by atoms with E-state index in [-0.39, 0.29) is 35.2 Å². The molecule has 130 valence electrons. The van der Waals surface area contributed by atoms with Crippen molar-refractivity contribution in [1.82, 2.24) is 0 Å². The van der Waals surface area contributed by atoms with Crippen molar-refractivity contribution in [3.05, 3.63) is 32.4 Å². The van der Waals surface area contributed by atoms with Gasteiger partial charge in [-0.25, -0.2) is 13.6 Å². The standard InChI is InChI=1S/C12H18N4O6S.Na.H/c1-3-5-14(6-4-2)12-10(15(17)18)7-9(23(13,21)22)8-11(12)16(19)20;;/h7-8H,3-6H2,1-2H3,(H2,13,21,22);;. The van der Waals surface area contributed by atoms with Crippen LogP contribution in [0.5, 0.6) is 0 Å². The summed E-state index contributed by atoms with van der Waals surface area (Å²) < 4.78 is 22.9. The number of primary sulfonamides is 1. The normalized spacial score (nSPS) is 10.8. The predicted octanol–water partition coefficient (Wildman–Crippen LogP) is 1.13. The minimum atomic E-state index is -4.31. The van der Waals surface area contributed by atoms with Crippen LogP contribution in [0, 0.1) is 20.2 Å². The van der Waals surface area contributed by atoms with E-state index in [1.807, 2.05) is 13.8 Å². The van der Waals surface area contributed by atoms with E-state index in [4.69, 9.17) is 5.14 Å². The molecule has 1 aromatic carbocycles. The number of sulfonamides is 1. The first-order chi connectivity index (χ1) is 10.6. The predicted molar refractivity (Wildman–Crippen MR) is 91.1 cm³/mol. The van der Waals surface area contributed by atoms with Crippen LogP contribution in [0.3, 0.4) is 0 Å². The van der Waals surface area contributed by atoms with E-state index in [1.54, 1.807) is 0 Å². The second kappa shape index (κ2) is 9.28. The van der Waals surface area contributed by atoms with E-state index < -0.39 is 36.1 Å². The van der Waals surface area contributed by atoms with Crippen LogP contribution in [0.15, 0.2) is 17.0 Å². The molecule has 0 radical (unpaired) electrons. The number of nitrogens with two attached hydrogens (primary N) is 1. The summed E-state index contributed by atoms with van der Waals surface area (Å²) in [6.07, 6.45) is 1.23. The van der Waals surface area contributed by atoms with Gasteiger partial charge in [-0.05, 0) is 12.8 Å². The molecule has 1 rings (SSSR count). The molecule has 10 nitrogen and oxygen atoms in total. The average molecular weight is 370 g/mol. The number of nitro groups is 2. The van der Waals surface area contributed by atoms with Crippen LogP contribution in [0.1, 0.15) is 26.7 Å². The summed E-state index contributed by atoms with van der Waals surface area (Å²) in [6.45, 7) is 4.40. The van der Waals surface area contributed by atoms with Crippen LogP contribution in [0.4, 0.5) is 17.1 Å². The van der Waals surface area contributed by atoms with Gasteiger partial charge < -0.3 is 4.90 Å². The number of nitrogens with zero attached hydrogens (tertiary/aromatic N) is 3. The number of benzene rings is 1. The molecule has 0 aliphatic heterocycles. The van der Waals surface area contributed by atoms with Crippen LogP contribution < -0.4 is 10.0 Å². The summed E-state index contributed by atoms with van der Waals surface area (Å²) in [7, 11) is -4.31. The van der Waals surface area contributed by atoms with Crippen LogP contribution in [0.25, 0.3) is 0 Å². The van der Waals surface area contributed by atoms with Gasteiger partial charge in [0.1, 0.15) is 0 Å². The Kier molecular flexibility index (Phi) is 8.78. The van der Waals surface area contributed by atoms with Gasteiger partial charge in [0.2, 0.25) is 10.0 Å². The van der Waals surface area contributed by atoms with Gasteiger partial charge in [0.05, 0.1) is 14.7 Å². The Morgan fingerprint density at radius 1 is 1.04 bits per heavy atom. The third-order valence-corrected chi connectivity index (χ3v) is 3.96. The van der Waals surface area contributed by atoms with Crippen LogP contribution in [-0.2, 0) is 10.0 Å². The summed E-state index contributed by atoms with van der Waals surface area (Å²) in [5.41, 5.74) is -1.49. The molecule has 0 saturated heterocycles. The first kappa shape index (κ1) is 22.7. The fraction of sp³-hybridized carbons (Fsp3) is 0.500. The molecule has 1 aromatic rings. The van der Waals surface area contributed by atoms with E-state index >= 15 is 0 Å². The number of nitro benzene ring substituents is 2. The van der Waals surface area contributed by atoms with Crippen LogP contribution in [-0.4, -0.2) is 60.9 Å². The quantitative estimate of drug-likeness (QED) is 0.409. The van der Waals surface area contributed by atoms with Crippen molar-refractivity contribution in [2.45, 2.75) is 31.6 Å². The van der Waals surface area contributed by atoms with Gasteiger partial charge in [-0.1, -0.05) is 13.8 Å². The zero-order valence-electron chi connectivity index (χ0n) is 12.8. The van der Waals surface area contributed by atoms with Crippen molar-refractivity contribution in [3.8, 4) is 0 Å². The summed E-state index contributed by atoms with van der Waals surface area (Å²) in [4.78, 5) is 21.8. The van der Waals surface area contributed by atoms with Gasteiger partial charge in [-0.15, -0.1) is 0 Å². The molecule has 0 aromatic heterocycles. The van der Waals surface area contributed by atoms with Crippen molar-refractivity contribution >= 4 is 56.6 Å². The number of hydrogen-bond donors (Lipinski definition) is 1. The molecule has 0 saturated carbocycles. The monoisotopic (exact) mass is 370 g/mol. The van der Waals surface area contributed by atoms with Gasteiger partial charge in [0, 0.05) is 25.2 Å². The molecule has 0 heterocycles. The Balaban J connectivity index is 0.00000529. The van der Waals surface area contributed by atoms with Crippen molar-refractivity contribution in [2.24, 2.45) is 5.14 Å². The van der Waals surface area contributed by atoms with Crippen LogP contribution >= 0.6 is 0 Å². The van der Waals surface area contributed by atoms with Gasteiger partial charge in [0.25, 0.3) is 0 Å². The first-order valence-electron chi connectivity index (χ1n) is 6.88. The molecule has 0 unspecified atom stereocenters. The average Bonchev–Trinajstić information content (AvgIpc) is 2.44. The fourth-order valence-corrected chi connectivity index (χ4v) is 2.77. The molecule has 0 spiro atoms. The van der Waals surface area contributed by atoms with Crippen molar-refractivity contribution < 1.29 is 18.3 Å². The van der Waals surface area contributed by atoms with Gasteiger partial charge in [-0.3, -0.25) is 20.2 Å². The van der Waals surface area contributed by atoms with E-state index in [0.29, 0.717) is 25.9 Å². The van der Waals surface area contributed by atoms with Crippen molar-refractivity contribution in [2.75, 3.05) is 18.0 Å². The summed E-state index contributed by atoms with van der Waals surface area (Å²) in [5, 5.41) is 27.6. The van der Waals surface area contributed by atoms with E-state index in [1.165, 1.54) is 4.90 Å². The molecule has 12 heteroatoms. The molecule has 0 amide bonds. The third-order valence-electron chi connectivity index (χ3n) is 3.07. The SMILES string of the molecule is CCCN(CCC)c1c([N+](=O)[O-])cc(S(N)(=O)=O)cc1[N+](=O)[O-].[NaH]. The van der Waals surface area contributed by atoms with E-state index in [2.05, 4.69) is 0 Å².